The predicted octanol–water partition coefficient (Wildman–Crippen LogP) is -0.573. The van der Waals surface area contributed by atoms with E-state index in [2.05, 4.69) is 5.10 Å². The summed E-state index contributed by atoms with van der Waals surface area (Å²) in [5.74, 6) is 0. The minimum absolute atomic E-state index is 1.38. The molecular formula is C5H7N2O+. The molecule has 8 heavy (non-hydrogen) atoms. The Balaban J connectivity index is 2.83. The number of hydrogen-bond acceptors (Lipinski definition) is 2. The van der Waals surface area contributed by atoms with E-state index in [0.29, 0.717) is 0 Å². The second kappa shape index (κ2) is 2.26. The van der Waals surface area contributed by atoms with Crippen LogP contribution in [0.1, 0.15) is 0 Å². The molecule has 0 amide bonds. The third kappa shape index (κ3) is 0.932. The Labute approximate surface area is 47.5 Å². The summed E-state index contributed by atoms with van der Waals surface area (Å²) in [6, 6.07) is 3.67. The van der Waals surface area contributed by atoms with Crippen LogP contribution in [0.4, 0.5) is 0 Å². The Morgan fingerprint density at radius 3 is 2.75 bits per heavy atom. The normalized spacial score (nSPS) is 8.62. The predicted molar refractivity (Wildman–Crippen MR) is 26.9 cm³/mol. The van der Waals surface area contributed by atoms with E-state index in [1.54, 1.807) is 19.5 Å². The number of aromatic nitrogens is 2. The van der Waals surface area contributed by atoms with Gasteiger partial charge in [0, 0.05) is 11.2 Å². The first-order chi connectivity index (χ1) is 3.93. The van der Waals surface area contributed by atoms with Crippen molar-refractivity contribution in [1.82, 2.24) is 5.10 Å². The van der Waals surface area contributed by atoms with Gasteiger partial charge in [-0.2, -0.15) is 0 Å². The van der Waals surface area contributed by atoms with Crippen LogP contribution in [0.3, 0.4) is 0 Å². The summed E-state index contributed by atoms with van der Waals surface area (Å²) in [5, 5.41) is 3.79. The van der Waals surface area contributed by atoms with Crippen molar-refractivity contribution in [2.24, 2.45) is 0 Å². The average Bonchev–Trinajstić information content (AvgIpc) is 1.90. The first-order valence-corrected chi connectivity index (χ1v) is 2.31. The Bertz CT molecular complexity index is 152. The molecule has 1 rings (SSSR count). The van der Waals surface area contributed by atoms with Crippen molar-refractivity contribution in [3.63, 3.8) is 0 Å². The Morgan fingerprint density at radius 1 is 1.50 bits per heavy atom. The van der Waals surface area contributed by atoms with Crippen LogP contribution in [0.2, 0.25) is 0 Å². The summed E-state index contributed by atoms with van der Waals surface area (Å²) >= 11 is 0. The van der Waals surface area contributed by atoms with Crippen molar-refractivity contribution in [2.45, 2.75) is 0 Å². The van der Waals surface area contributed by atoms with Gasteiger partial charge in [0.2, 0.25) is 0 Å². The highest BCUT2D eigenvalue weighted by atomic mass is 16.7. The first kappa shape index (κ1) is 5.03. The Hall–Kier alpha value is -1.12. The zero-order valence-corrected chi connectivity index (χ0v) is 4.61. The maximum Gasteiger partial charge on any atom is 0.254 e. The summed E-state index contributed by atoms with van der Waals surface area (Å²) in [7, 11) is 1.56. The van der Waals surface area contributed by atoms with Gasteiger partial charge in [-0.3, -0.25) is 0 Å². The molecule has 0 aliphatic rings. The molecule has 0 bridgehead atoms. The highest BCUT2D eigenvalue weighted by molar-refractivity contribution is 4.76. The molecule has 0 spiro atoms. The van der Waals surface area contributed by atoms with Crippen LogP contribution in [-0.2, 0) is 0 Å². The van der Waals surface area contributed by atoms with Gasteiger partial charge in [0.25, 0.3) is 6.20 Å². The molecule has 42 valence electrons. The minimum atomic E-state index is 1.38. The van der Waals surface area contributed by atoms with Crippen LogP contribution in [-0.4, -0.2) is 12.2 Å². The topological polar surface area (TPSA) is 26.0 Å². The van der Waals surface area contributed by atoms with Crippen LogP contribution >= 0.6 is 0 Å². The van der Waals surface area contributed by atoms with Gasteiger partial charge in [-0.05, 0) is 6.07 Å². The molecule has 0 saturated carbocycles. The number of hydrogen-bond donors (Lipinski definition) is 0. The van der Waals surface area contributed by atoms with Gasteiger partial charge in [-0.25, -0.2) is 4.84 Å². The zero-order chi connectivity index (χ0) is 5.82. The number of nitrogens with zero attached hydrogens (tertiary/aromatic N) is 2. The molecule has 0 saturated heterocycles. The highest BCUT2D eigenvalue weighted by Gasteiger charge is 1.90. The lowest BCUT2D eigenvalue weighted by Crippen LogP contribution is -2.43. The quantitative estimate of drug-likeness (QED) is 0.453. The summed E-state index contributed by atoms with van der Waals surface area (Å²) in [5.41, 5.74) is 0. The molecule has 0 aliphatic carbocycles. The van der Waals surface area contributed by atoms with Crippen molar-refractivity contribution in [3.8, 4) is 0 Å². The first-order valence-electron chi connectivity index (χ1n) is 2.31. The van der Waals surface area contributed by atoms with E-state index in [4.69, 9.17) is 4.84 Å². The molecule has 0 N–H and O–H groups in total. The SMILES string of the molecule is CO[n+]1ccccn1. The molecule has 0 aromatic carbocycles. The van der Waals surface area contributed by atoms with Gasteiger partial charge in [-0.15, -0.1) is 0 Å². The molecule has 0 aliphatic heterocycles. The fourth-order valence-electron chi connectivity index (χ4n) is 0.424. The highest BCUT2D eigenvalue weighted by Crippen LogP contribution is 1.67. The molecule has 3 nitrogen and oxygen atoms in total. The monoisotopic (exact) mass is 111 g/mol. The van der Waals surface area contributed by atoms with Crippen LogP contribution in [0.25, 0.3) is 0 Å². The second-order valence-electron chi connectivity index (χ2n) is 1.28. The lowest BCUT2D eigenvalue weighted by Gasteiger charge is -1.81. The molecule has 0 atom stereocenters. The fourth-order valence-corrected chi connectivity index (χ4v) is 0.424. The van der Waals surface area contributed by atoms with Crippen molar-refractivity contribution in [1.29, 1.82) is 0 Å². The molecule has 1 heterocycles. The van der Waals surface area contributed by atoms with Crippen LogP contribution < -0.4 is 9.68 Å². The average molecular weight is 111 g/mol. The third-order valence-corrected chi connectivity index (χ3v) is 0.778. The van der Waals surface area contributed by atoms with Crippen molar-refractivity contribution in [3.05, 3.63) is 24.5 Å². The van der Waals surface area contributed by atoms with E-state index >= 15 is 0 Å². The van der Waals surface area contributed by atoms with Crippen LogP contribution in [0.5, 0.6) is 0 Å². The van der Waals surface area contributed by atoms with E-state index in [1.807, 2.05) is 12.1 Å². The summed E-state index contributed by atoms with van der Waals surface area (Å²) in [4.78, 5) is 6.09. The van der Waals surface area contributed by atoms with Gasteiger partial charge >= 0.3 is 0 Å². The van der Waals surface area contributed by atoms with Gasteiger partial charge in [-0.1, -0.05) is 0 Å². The van der Waals surface area contributed by atoms with Gasteiger partial charge in [0.15, 0.2) is 7.11 Å². The van der Waals surface area contributed by atoms with E-state index in [0.717, 1.165) is 0 Å². The van der Waals surface area contributed by atoms with Crippen molar-refractivity contribution in [2.75, 3.05) is 7.11 Å². The maximum atomic E-state index is 4.72. The molecule has 0 fully saturated rings. The van der Waals surface area contributed by atoms with Crippen LogP contribution in [0, 0.1) is 0 Å². The molecule has 1 aromatic heterocycles. The zero-order valence-electron chi connectivity index (χ0n) is 4.61. The van der Waals surface area contributed by atoms with E-state index < -0.39 is 0 Å². The molecular weight excluding hydrogens is 104 g/mol. The lowest BCUT2D eigenvalue weighted by molar-refractivity contribution is -0.930. The van der Waals surface area contributed by atoms with Crippen molar-refractivity contribution < 1.29 is 9.68 Å². The van der Waals surface area contributed by atoms with Crippen molar-refractivity contribution >= 4 is 0 Å². The van der Waals surface area contributed by atoms with Crippen LogP contribution in [0.15, 0.2) is 24.5 Å². The third-order valence-electron chi connectivity index (χ3n) is 0.778. The van der Waals surface area contributed by atoms with E-state index in [-0.39, 0.29) is 0 Å². The van der Waals surface area contributed by atoms with Gasteiger partial charge in [0.05, 0.1) is 6.20 Å². The molecule has 3 heteroatoms. The number of rotatable bonds is 1. The summed E-state index contributed by atoms with van der Waals surface area (Å²) < 4.78 is 0. The van der Waals surface area contributed by atoms with Gasteiger partial charge < -0.3 is 0 Å². The Kier molecular flexibility index (Phi) is 1.42. The minimum Gasteiger partial charge on any atom is -0.249 e. The molecule has 0 radical (unpaired) electrons. The molecule has 1 aromatic rings. The maximum absolute atomic E-state index is 4.72. The smallest absolute Gasteiger partial charge is 0.249 e. The summed E-state index contributed by atoms with van der Waals surface area (Å²) in [6.07, 6.45) is 3.38. The fraction of sp³-hybridized carbons (Fsp3) is 0.200. The van der Waals surface area contributed by atoms with E-state index in [1.165, 1.54) is 4.85 Å². The van der Waals surface area contributed by atoms with Gasteiger partial charge in [0.1, 0.15) is 4.85 Å². The standard InChI is InChI=1S/C5H7N2O/c1-8-7-5-3-2-4-6-7/h2-5H,1H3/q+1. The van der Waals surface area contributed by atoms with E-state index in [9.17, 15) is 0 Å². The largest absolute Gasteiger partial charge is 0.254 e. The summed E-state index contributed by atoms with van der Waals surface area (Å²) in [6.45, 7) is 0. The molecule has 0 unspecified atom stereocenters. The lowest BCUT2D eigenvalue weighted by atomic mass is 10.6. The second-order valence-corrected chi connectivity index (χ2v) is 1.28. The Morgan fingerprint density at radius 2 is 2.38 bits per heavy atom.